The highest BCUT2D eigenvalue weighted by molar-refractivity contribution is 6.90. The summed E-state index contributed by atoms with van der Waals surface area (Å²) in [5.41, 5.74) is 3.26. The van der Waals surface area contributed by atoms with Crippen molar-refractivity contribution in [2.24, 2.45) is 0 Å². The Morgan fingerprint density at radius 3 is 2.12 bits per heavy atom. The van der Waals surface area contributed by atoms with Crippen LogP contribution in [-0.4, -0.2) is 20.7 Å². The van der Waals surface area contributed by atoms with E-state index in [1.165, 1.54) is 27.1 Å². The maximum atomic E-state index is 9.26. The van der Waals surface area contributed by atoms with Crippen LogP contribution in [0, 0.1) is 11.3 Å². The highest BCUT2D eigenvalue weighted by Crippen LogP contribution is 2.23. The van der Waals surface area contributed by atoms with Crippen molar-refractivity contribution in [3.63, 3.8) is 0 Å². The molecule has 0 saturated heterocycles. The average molecular weight is 363 g/mol. The summed E-state index contributed by atoms with van der Waals surface area (Å²) in [6.07, 6.45) is 0. The first-order valence-electron chi connectivity index (χ1n) is 8.79. The molecular weight excluding hydrogens is 336 g/mol. The second kappa shape index (κ2) is 6.01. The van der Waals surface area contributed by atoms with Gasteiger partial charge in [-0.3, -0.25) is 0 Å². The summed E-state index contributed by atoms with van der Waals surface area (Å²) in [5.74, 6) is 0. The Morgan fingerprint density at radius 1 is 0.840 bits per heavy atom. The number of nitriles is 1. The molecule has 0 fully saturated rings. The van der Waals surface area contributed by atoms with E-state index in [0.717, 1.165) is 5.56 Å². The van der Waals surface area contributed by atoms with Crippen LogP contribution in [0.25, 0.3) is 16.6 Å². The summed E-state index contributed by atoms with van der Waals surface area (Å²) >= 11 is 0. The lowest BCUT2D eigenvalue weighted by Gasteiger charge is -2.26. The van der Waals surface area contributed by atoms with Crippen LogP contribution in [0.4, 0.5) is 0 Å². The molecule has 0 aliphatic heterocycles. The highest BCUT2D eigenvalue weighted by Gasteiger charge is 2.27. The summed E-state index contributed by atoms with van der Waals surface area (Å²) in [6.45, 7) is 14.4. The summed E-state index contributed by atoms with van der Waals surface area (Å²) < 4.78 is 2.47. The Balaban J connectivity index is 2.42. The van der Waals surface area contributed by atoms with Crippen molar-refractivity contribution in [3.05, 3.63) is 54.1 Å². The van der Waals surface area contributed by atoms with Gasteiger partial charge in [0.05, 0.1) is 33.3 Å². The minimum atomic E-state index is -1.56. The zero-order chi connectivity index (χ0) is 18.4. The van der Waals surface area contributed by atoms with Crippen molar-refractivity contribution < 1.29 is 0 Å². The van der Waals surface area contributed by atoms with Gasteiger partial charge in [-0.05, 0) is 35.5 Å². The molecule has 3 aromatic rings. The number of rotatable bonds is 3. The predicted molar refractivity (Wildman–Crippen MR) is 114 cm³/mol. The second-order valence-electron chi connectivity index (χ2n) is 8.77. The lowest BCUT2D eigenvalue weighted by atomic mass is 10.2. The fraction of sp³-hybridized carbons (Fsp3) is 0.286. The van der Waals surface area contributed by atoms with E-state index in [9.17, 15) is 5.26 Å². The Labute approximate surface area is 152 Å². The zero-order valence-electron chi connectivity index (χ0n) is 16.0. The Hall–Kier alpha value is -2.10. The molecule has 2 aromatic carbocycles. The lowest BCUT2D eigenvalue weighted by molar-refractivity contribution is 1.16. The summed E-state index contributed by atoms with van der Waals surface area (Å²) in [5, 5.41) is 13.3. The number of benzene rings is 2. The van der Waals surface area contributed by atoms with Gasteiger partial charge in [-0.2, -0.15) is 5.26 Å². The third kappa shape index (κ3) is 3.22. The molecule has 0 saturated carbocycles. The van der Waals surface area contributed by atoms with Crippen LogP contribution < -0.4 is 10.5 Å². The van der Waals surface area contributed by atoms with Gasteiger partial charge < -0.3 is 4.57 Å². The molecule has 0 radical (unpaired) electrons. The number of para-hydroxylation sites is 1. The first kappa shape index (κ1) is 17.7. The van der Waals surface area contributed by atoms with Crippen LogP contribution in [0.3, 0.4) is 0 Å². The Morgan fingerprint density at radius 2 is 1.52 bits per heavy atom. The van der Waals surface area contributed by atoms with Gasteiger partial charge in [-0.25, -0.2) is 0 Å². The average Bonchev–Trinajstić information content (AvgIpc) is 2.92. The molecule has 0 aliphatic carbocycles. The normalized spacial score (nSPS) is 12.4. The van der Waals surface area contributed by atoms with Crippen molar-refractivity contribution in [1.29, 1.82) is 5.26 Å². The first-order valence-corrected chi connectivity index (χ1v) is 15.8. The van der Waals surface area contributed by atoms with Crippen LogP contribution in [0.2, 0.25) is 39.3 Å². The molecule has 4 heteroatoms. The van der Waals surface area contributed by atoms with E-state index in [0.29, 0.717) is 0 Å². The molecule has 0 amide bonds. The number of nitrogens with zero attached hydrogens (tertiary/aromatic N) is 2. The third-order valence-electron chi connectivity index (χ3n) is 4.65. The van der Waals surface area contributed by atoms with Crippen LogP contribution >= 0.6 is 0 Å². The van der Waals surface area contributed by atoms with E-state index in [1.54, 1.807) is 0 Å². The topological polar surface area (TPSA) is 28.7 Å². The molecule has 2 nitrogen and oxygen atoms in total. The summed E-state index contributed by atoms with van der Waals surface area (Å²) in [7, 11) is -3.04. The molecule has 25 heavy (non-hydrogen) atoms. The van der Waals surface area contributed by atoms with Crippen molar-refractivity contribution in [2.75, 3.05) is 0 Å². The molecule has 128 valence electrons. The number of aromatic nitrogens is 1. The van der Waals surface area contributed by atoms with Gasteiger partial charge in [0.15, 0.2) is 0 Å². The fourth-order valence-electron chi connectivity index (χ4n) is 3.40. The molecule has 0 aliphatic rings. The Kier molecular flexibility index (Phi) is 4.26. The van der Waals surface area contributed by atoms with Crippen LogP contribution in [-0.2, 0) is 0 Å². The van der Waals surface area contributed by atoms with E-state index in [2.05, 4.69) is 86.3 Å². The molecule has 0 bridgehead atoms. The fourth-order valence-corrected chi connectivity index (χ4v) is 6.46. The SMILES string of the molecule is C[Si](C)(C)c1ccccc1-n1c([Si](C)(C)C)cc2cc(C#N)ccc21. The minimum Gasteiger partial charge on any atom is -0.318 e. The van der Waals surface area contributed by atoms with Crippen LogP contribution in [0.15, 0.2) is 48.5 Å². The smallest absolute Gasteiger partial charge is 0.0991 e. The number of hydrogen-bond acceptors (Lipinski definition) is 1. The lowest BCUT2D eigenvalue weighted by Crippen LogP contribution is -2.46. The summed E-state index contributed by atoms with van der Waals surface area (Å²) in [4.78, 5) is 0. The molecular formula is C21H26N2Si2. The van der Waals surface area contributed by atoms with Gasteiger partial charge >= 0.3 is 0 Å². The molecule has 0 N–H and O–H groups in total. The van der Waals surface area contributed by atoms with Gasteiger partial charge in [0.2, 0.25) is 0 Å². The standard InChI is InChI=1S/C21H26N2Si2/c1-24(2,3)20-10-8-7-9-19(20)23-18-12-11-16(15-22)13-17(18)14-21(23)25(4,5)6/h7-14H,1-6H3. The molecule has 0 atom stereocenters. The van der Waals surface area contributed by atoms with Crippen molar-refractivity contribution >= 4 is 37.6 Å². The maximum Gasteiger partial charge on any atom is 0.0991 e. The quantitative estimate of drug-likeness (QED) is 0.626. The number of fused-ring (bicyclic) bond motifs is 1. The van der Waals surface area contributed by atoms with Crippen LogP contribution in [0.5, 0.6) is 0 Å². The maximum absolute atomic E-state index is 9.26. The van der Waals surface area contributed by atoms with Crippen molar-refractivity contribution in [1.82, 2.24) is 4.57 Å². The summed E-state index contributed by atoms with van der Waals surface area (Å²) in [6, 6.07) is 19.5. The van der Waals surface area contributed by atoms with E-state index in [-0.39, 0.29) is 0 Å². The monoisotopic (exact) mass is 362 g/mol. The predicted octanol–water partition coefficient (Wildman–Crippen LogP) is 4.59. The molecule has 0 spiro atoms. The third-order valence-corrected chi connectivity index (χ3v) is 8.60. The molecule has 3 rings (SSSR count). The van der Waals surface area contributed by atoms with Crippen LogP contribution in [0.1, 0.15) is 5.56 Å². The highest BCUT2D eigenvalue weighted by atomic mass is 28.3. The largest absolute Gasteiger partial charge is 0.318 e. The van der Waals surface area contributed by atoms with E-state index >= 15 is 0 Å². The zero-order valence-corrected chi connectivity index (χ0v) is 18.0. The van der Waals surface area contributed by atoms with Crippen molar-refractivity contribution in [2.45, 2.75) is 39.3 Å². The van der Waals surface area contributed by atoms with Crippen molar-refractivity contribution in [3.8, 4) is 11.8 Å². The van der Waals surface area contributed by atoms with E-state index < -0.39 is 16.1 Å². The molecule has 0 unspecified atom stereocenters. The van der Waals surface area contributed by atoms with Gasteiger partial charge in [0, 0.05) is 16.4 Å². The van der Waals surface area contributed by atoms with Gasteiger partial charge in [-0.1, -0.05) is 57.5 Å². The van der Waals surface area contributed by atoms with Gasteiger partial charge in [0.1, 0.15) is 0 Å². The number of hydrogen-bond donors (Lipinski definition) is 0. The van der Waals surface area contributed by atoms with Gasteiger partial charge in [-0.15, -0.1) is 0 Å². The Bertz CT molecular complexity index is 980. The molecule has 1 aromatic heterocycles. The molecule has 1 heterocycles. The van der Waals surface area contributed by atoms with E-state index in [4.69, 9.17) is 0 Å². The van der Waals surface area contributed by atoms with E-state index in [1.807, 2.05) is 12.1 Å². The minimum absolute atomic E-state index is 0.727. The second-order valence-corrected chi connectivity index (χ2v) is 18.8. The first-order chi connectivity index (χ1) is 11.6. The van der Waals surface area contributed by atoms with Gasteiger partial charge in [0.25, 0.3) is 0 Å².